The van der Waals surface area contributed by atoms with Crippen molar-refractivity contribution in [3.05, 3.63) is 53.7 Å². The molecule has 6 nitrogen and oxygen atoms in total. The monoisotopic (exact) mass is 518 g/mol. The van der Waals surface area contributed by atoms with Crippen molar-refractivity contribution in [1.29, 1.82) is 0 Å². The number of anilines is 1. The molecule has 5 aromatic rings. The molecule has 0 spiro atoms. The van der Waals surface area contributed by atoms with Crippen LogP contribution in [0.25, 0.3) is 43.2 Å². The molecule has 182 valence electrons. The van der Waals surface area contributed by atoms with E-state index in [4.69, 9.17) is 21.6 Å². The molecular formula is C27H24ClFN6S. The second-order valence-electron chi connectivity index (χ2n) is 10.0. The van der Waals surface area contributed by atoms with Gasteiger partial charge in [0.1, 0.15) is 16.4 Å². The first-order valence-electron chi connectivity index (χ1n) is 12.4. The Bertz CT molecular complexity index is 1570. The Hall–Kier alpha value is -3.10. The fourth-order valence-electron chi connectivity index (χ4n) is 6.13. The Morgan fingerprint density at radius 3 is 2.69 bits per heavy atom. The first-order chi connectivity index (χ1) is 17.5. The molecule has 4 aromatic heterocycles. The molecule has 3 aliphatic rings. The van der Waals surface area contributed by atoms with E-state index in [1.165, 1.54) is 43.2 Å². The Balaban J connectivity index is 1.39. The summed E-state index contributed by atoms with van der Waals surface area (Å²) in [7, 11) is 0. The van der Waals surface area contributed by atoms with Gasteiger partial charge in [0.15, 0.2) is 23.1 Å². The lowest BCUT2D eigenvalue weighted by molar-refractivity contribution is 0.0926. The van der Waals surface area contributed by atoms with E-state index in [-0.39, 0.29) is 11.9 Å². The van der Waals surface area contributed by atoms with Crippen molar-refractivity contribution in [2.75, 3.05) is 5.32 Å². The Kier molecular flexibility index (Phi) is 5.22. The summed E-state index contributed by atoms with van der Waals surface area (Å²) in [4.78, 5) is 22.1. The van der Waals surface area contributed by atoms with Crippen molar-refractivity contribution in [2.24, 2.45) is 17.8 Å². The molecule has 3 saturated carbocycles. The van der Waals surface area contributed by atoms with Gasteiger partial charge in [0.05, 0.1) is 16.6 Å². The predicted octanol–water partition coefficient (Wildman–Crippen LogP) is 7.33. The standard InChI is InChI=1S/C27H24ClFN6S/c1-13-14-6-8-15(9-7-14)22(13)33-26-21(29)24(19-10-16-4-2-3-5-18(16)36-19)34-25(35-26)17-11-31-27-23(17)30-12-20(28)32-27/h2-5,10-15,22H,6-9H2,1H3,(H,31,32)(H,33,34,35)/t13-,14?,15?,22+/m0/s1. The predicted molar refractivity (Wildman–Crippen MR) is 143 cm³/mol. The van der Waals surface area contributed by atoms with Gasteiger partial charge in [-0.15, -0.1) is 11.3 Å². The van der Waals surface area contributed by atoms with Gasteiger partial charge < -0.3 is 10.3 Å². The van der Waals surface area contributed by atoms with Gasteiger partial charge in [-0.05, 0) is 61.0 Å². The number of aromatic nitrogens is 5. The largest absolute Gasteiger partial charge is 0.364 e. The first-order valence-corrected chi connectivity index (χ1v) is 13.6. The highest BCUT2D eigenvalue weighted by Gasteiger charge is 2.41. The van der Waals surface area contributed by atoms with Crippen molar-refractivity contribution < 1.29 is 4.39 Å². The maximum Gasteiger partial charge on any atom is 0.192 e. The zero-order chi connectivity index (χ0) is 24.4. The summed E-state index contributed by atoms with van der Waals surface area (Å²) >= 11 is 7.57. The van der Waals surface area contributed by atoms with Crippen molar-refractivity contribution >= 4 is 50.0 Å². The molecule has 0 radical (unpaired) electrons. The normalized spacial score (nSPS) is 23.5. The van der Waals surface area contributed by atoms with E-state index < -0.39 is 5.82 Å². The second-order valence-corrected chi connectivity index (χ2v) is 11.5. The lowest BCUT2D eigenvalue weighted by Gasteiger charge is -2.47. The fourth-order valence-corrected chi connectivity index (χ4v) is 7.31. The van der Waals surface area contributed by atoms with Crippen molar-refractivity contribution in [1.82, 2.24) is 24.9 Å². The lowest BCUT2D eigenvalue weighted by atomic mass is 9.62. The molecule has 0 aliphatic heterocycles. The number of benzene rings is 1. The number of hydrogen-bond acceptors (Lipinski definition) is 6. The highest BCUT2D eigenvalue weighted by molar-refractivity contribution is 7.22. The molecule has 3 fully saturated rings. The smallest absolute Gasteiger partial charge is 0.192 e. The van der Waals surface area contributed by atoms with Crippen LogP contribution in [0.1, 0.15) is 32.6 Å². The first kappa shape index (κ1) is 22.1. The molecule has 2 N–H and O–H groups in total. The number of nitrogens with zero attached hydrogens (tertiary/aromatic N) is 4. The highest BCUT2D eigenvalue weighted by atomic mass is 35.5. The Morgan fingerprint density at radius 2 is 1.89 bits per heavy atom. The lowest BCUT2D eigenvalue weighted by Crippen LogP contribution is -2.47. The minimum Gasteiger partial charge on any atom is -0.364 e. The minimum absolute atomic E-state index is 0.201. The minimum atomic E-state index is -0.409. The van der Waals surface area contributed by atoms with Crippen molar-refractivity contribution in [2.45, 2.75) is 38.6 Å². The van der Waals surface area contributed by atoms with Gasteiger partial charge in [0.25, 0.3) is 0 Å². The molecule has 0 saturated heterocycles. The zero-order valence-electron chi connectivity index (χ0n) is 19.6. The molecule has 0 amide bonds. The molecule has 2 bridgehead atoms. The van der Waals surface area contributed by atoms with E-state index in [9.17, 15) is 0 Å². The topological polar surface area (TPSA) is 79.4 Å². The van der Waals surface area contributed by atoms with E-state index in [0.29, 0.717) is 51.2 Å². The third-order valence-corrected chi connectivity index (χ3v) is 9.35. The van der Waals surface area contributed by atoms with Gasteiger partial charge in [-0.1, -0.05) is 36.7 Å². The van der Waals surface area contributed by atoms with E-state index in [1.807, 2.05) is 30.3 Å². The second kappa shape index (κ2) is 8.49. The summed E-state index contributed by atoms with van der Waals surface area (Å²) in [6, 6.07) is 10.3. The number of fused-ring (bicyclic) bond motifs is 5. The number of halogens is 2. The maximum atomic E-state index is 16.2. The third kappa shape index (κ3) is 3.58. The summed E-state index contributed by atoms with van der Waals surface area (Å²) in [5.74, 6) is 1.96. The van der Waals surface area contributed by atoms with E-state index in [1.54, 1.807) is 6.20 Å². The molecular weight excluding hydrogens is 495 g/mol. The van der Waals surface area contributed by atoms with Crippen LogP contribution in [0.3, 0.4) is 0 Å². The van der Waals surface area contributed by atoms with Crippen LogP contribution < -0.4 is 5.32 Å². The maximum absolute atomic E-state index is 16.2. The molecule has 0 unspecified atom stereocenters. The highest BCUT2D eigenvalue weighted by Crippen LogP contribution is 2.46. The molecule has 8 rings (SSSR count). The van der Waals surface area contributed by atoms with Crippen molar-refractivity contribution in [3.63, 3.8) is 0 Å². The summed E-state index contributed by atoms with van der Waals surface area (Å²) in [5.41, 5.74) is 2.11. The molecule has 1 aromatic carbocycles. The summed E-state index contributed by atoms with van der Waals surface area (Å²) in [5, 5.41) is 4.91. The zero-order valence-corrected chi connectivity index (χ0v) is 21.2. The number of thiophene rings is 1. The quantitative estimate of drug-likeness (QED) is 0.260. The third-order valence-electron chi connectivity index (χ3n) is 8.04. The van der Waals surface area contributed by atoms with Crippen LogP contribution >= 0.6 is 22.9 Å². The molecule has 9 heteroatoms. The van der Waals surface area contributed by atoms with E-state index in [0.717, 1.165) is 15.0 Å². The number of H-pyrrole nitrogens is 1. The van der Waals surface area contributed by atoms with Crippen LogP contribution in [0.4, 0.5) is 10.2 Å². The van der Waals surface area contributed by atoms with Crippen LogP contribution in [0.2, 0.25) is 5.15 Å². The van der Waals surface area contributed by atoms with Crippen LogP contribution in [-0.4, -0.2) is 31.0 Å². The Labute approximate surface area is 216 Å². The number of aromatic amines is 1. The summed E-state index contributed by atoms with van der Waals surface area (Å²) in [6.07, 6.45) is 8.17. The molecule has 4 heterocycles. The summed E-state index contributed by atoms with van der Waals surface area (Å²) < 4.78 is 17.3. The van der Waals surface area contributed by atoms with Crippen LogP contribution in [-0.2, 0) is 0 Å². The van der Waals surface area contributed by atoms with Crippen LogP contribution in [0, 0.1) is 23.6 Å². The molecule has 36 heavy (non-hydrogen) atoms. The van der Waals surface area contributed by atoms with E-state index >= 15 is 4.39 Å². The average molecular weight is 519 g/mol. The number of rotatable bonds is 4. The van der Waals surface area contributed by atoms with Gasteiger partial charge in [0.2, 0.25) is 0 Å². The van der Waals surface area contributed by atoms with Gasteiger partial charge in [-0.3, -0.25) is 0 Å². The fraction of sp³-hybridized carbons (Fsp3) is 0.333. The molecule has 2 atom stereocenters. The van der Waals surface area contributed by atoms with Crippen LogP contribution in [0.5, 0.6) is 0 Å². The van der Waals surface area contributed by atoms with Gasteiger partial charge in [0, 0.05) is 16.9 Å². The van der Waals surface area contributed by atoms with Crippen molar-refractivity contribution in [3.8, 4) is 22.0 Å². The average Bonchev–Trinajstić information content (AvgIpc) is 3.51. The number of hydrogen-bond donors (Lipinski definition) is 2. The van der Waals surface area contributed by atoms with Gasteiger partial charge >= 0.3 is 0 Å². The van der Waals surface area contributed by atoms with Crippen LogP contribution in [0.15, 0.2) is 42.7 Å². The summed E-state index contributed by atoms with van der Waals surface area (Å²) in [6.45, 7) is 2.29. The Morgan fingerprint density at radius 1 is 1.08 bits per heavy atom. The van der Waals surface area contributed by atoms with Gasteiger partial charge in [-0.2, -0.15) is 0 Å². The number of nitrogens with one attached hydrogen (secondary N) is 2. The SMILES string of the molecule is C[C@H]1C2CCC(CC2)[C@@H]1Nc1nc(-c2c[nH]c3nc(Cl)cnc23)nc(-c2cc3ccccc3s2)c1F. The van der Waals surface area contributed by atoms with E-state index in [2.05, 4.69) is 27.2 Å². The van der Waals surface area contributed by atoms with Gasteiger partial charge in [-0.25, -0.2) is 24.3 Å². The molecule has 3 aliphatic carbocycles.